The first-order valence-electron chi connectivity index (χ1n) is 8.92. The summed E-state index contributed by atoms with van der Waals surface area (Å²) in [5, 5.41) is 0. The number of nitrogens with zero attached hydrogens (tertiary/aromatic N) is 1. The summed E-state index contributed by atoms with van der Waals surface area (Å²) in [6, 6.07) is 7.99. The normalized spacial score (nSPS) is 21.6. The van der Waals surface area contributed by atoms with Gasteiger partial charge >= 0.3 is 5.97 Å². The highest BCUT2D eigenvalue weighted by molar-refractivity contribution is 5.87. The Morgan fingerprint density at radius 1 is 1.15 bits per heavy atom. The topological polar surface area (TPSA) is 48.0 Å². The molecule has 1 aromatic rings. The van der Waals surface area contributed by atoms with Crippen LogP contribution in [0.15, 0.2) is 48.3 Å². The van der Waals surface area contributed by atoms with E-state index < -0.39 is 0 Å². The SMILES string of the molecule is C=C(C)C(=O)OC1=CC2C(CC1)CCN2C.COc1ccccc1OC. The molecular weight excluding hydrogens is 330 g/mol. The number of likely N-dealkylation sites (N-methyl/N-ethyl adjacent to an activating group) is 1. The van der Waals surface area contributed by atoms with E-state index in [1.54, 1.807) is 21.1 Å². The number of hydrogen-bond donors (Lipinski definition) is 0. The highest BCUT2D eigenvalue weighted by Gasteiger charge is 2.33. The first-order valence-corrected chi connectivity index (χ1v) is 8.92. The predicted octanol–water partition coefficient (Wildman–Crippen LogP) is 3.81. The van der Waals surface area contributed by atoms with Crippen molar-refractivity contribution in [2.24, 2.45) is 5.92 Å². The minimum absolute atomic E-state index is 0.301. The molecule has 1 aliphatic heterocycles. The molecule has 1 heterocycles. The van der Waals surface area contributed by atoms with E-state index in [2.05, 4.69) is 24.6 Å². The van der Waals surface area contributed by atoms with Gasteiger partial charge in [-0.2, -0.15) is 0 Å². The Bertz CT molecular complexity index is 645. The molecule has 0 N–H and O–H groups in total. The summed E-state index contributed by atoms with van der Waals surface area (Å²) in [6.45, 7) is 6.41. The molecule has 5 nitrogen and oxygen atoms in total. The third-order valence-corrected chi connectivity index (χ3v) is 4.82. The Labute approximate surface area is 156 Å². The molecule has 2 unspecified atom stereocenters. The first kappa shape index (κ1) is 20.0. The molecule has 1 fully saturated rings. The van der Waals surface area contributed by atoms with Crippen LogP contribution in [0.2, 0.25) is 0 Å². The molecular formula is C21H29NO4. The van der Waals surface area contributed by atoms with Crippen LogP contribution in [0, 0.1) is 5.92 Å². The number of benzene rings is 1. The molecule has 1 aliphatic carbocycles. The van der Waals surface area contributed by atoms with Gasteiger partial charge in [-0.3, -0.25) is 4.90 Å². The van der Waals surface area contributed by atoms with Crippen molar-refractivity contribution < 1.29 is 19.0 Å². The van der Waals surface area contributed by atoms with Gasteiger partial charge in [0.25, 0.3) is 0 Å². The lowest BCUT2D eigenvalue weighted by Crippen LogP contribution is -2.30. The number of methoxy groups -OCH3 is 2. The molecule has 0 bridgehead atoms. The number of hydrogen-bond acceptors (Lipinski definition) is 5. The molecule has 5 heteroatoms. The van der Waals surface area contributed by atoms with Gasteiger partial charge in [0, 0.05) is 18.0 Å². The third kappa shape index (κ3) is 5.11. The fourth-order valence-corrected chi connectivity index (χ4v) is 3.31. The average Bonchev–Trinajstić information content (AvgIpc) is 3.02. The summed E-state index contributed by atoms with van der Waals surface area (Å²) in [6.07, 6.45) is 5.39. The van der Waals surface area contributed by atoms with Crippen LogP contribution in [-0.4, -0.2) is 44.7 Å². The van der Waals surface area contributed by atoms with Gasteiger partial charge in [-0.15, -0.1) is 0 Å². The fraction of sp³-hybridized carbons (Fsp3) is 0.476. The smallest absolute Gasteiger partial charge is 0.338 e. The lowest BCUT2D eigenvalue weighted by Gasteiger charge is -2.27. The Balaban J connectivity index is 0.000000209. The molecule has 0 spiro atoms. The van der Waals surface area contributed by atoms with Crippen LogP contribution in [0.5, 0.6) is 11.5 Å². The van der Waals surface area contributed by atoms with E-state index in [1.807, 2.05) is 24.3 Å². The van der Waals surface area contributed by atoms with Gasteiger partial charge in [0.05, 0.1) is 14.2 Å². The number of fused-ring (bicyclic) bond motifs is 1. The van der Waals surface area contributed by atoms with E-state index in [-0.39, 0.29) is 5.97 Å². The second-order valence-corrected chi connectivity index (χ2v) is 6.72. The molecule has 0 amide bonds. The zero-order chi connectivity index (χ0) is 19.1. The lowest BCUT2D eigenvalue weighted by molar-refractivity contribution is -0.135. The standard InChI is InChI=1S/C13H19NO2.C8H10O2/c1-9(2)13(15)16-11-5-4-10-6-7-14(3)12(10)8-11;1-9-7-5-3-4-6-8(7)10-2/h8,10,12H,1,4-7H2,2-3H3;3-6H,1-2H3. The van der Waals surface area contributed by atoms with Gasteiger partial charge in [-0.25, -0.2) is 4.79 Å². The molecule has 142 valence electrons. The summed E-state index contributed by atoms with van der Waals surface area (Å²) < 4.78 is 15.3. The zero-order valence-electron chi connectivity index (χ0n) is 16.2. The van der Waals surface area contributed by atoms with Crippen molar-refractivity contribution in [3.05, 3.63) is 48.3 Å². The van der Waals surface area contributed by atoms with Crippen LogP contribution in [0.1, 0.15) is 26.2 Å². The maximum absolute atomic E-state index is 11.4. The van der Waals surface area contributed by atoms with E-state index in [1.165, 1.54) is 6.42 Å². The predicted molar refractivity (Wildman–Crippen MR) is 102 cm³/mol. The quantitative estimate of drug-likeness (QED) is 0.604. The van der Waals surface area contributed by atoms with E-state index >= 15 is 0 Å². The van der Waals surface area contributed by atoms with Crippen molar-refractivity contribution >= 4 is 5.97 Å². The first-order chi connectivity index (χ1) is 12.5. The molecule has 0 aromatic heterocycles. The second-order valence-electron chi connectivity index (χ2n) is 6.72. The number of rotatable bonds is 4. The van der Waals surface area contributed by atoms with Crippen molar-refractivity contribution in [1.29, 1.82) is 0 Å². The van der Waals surface area contributed by atoms with Gasteiger partial charge in [0.15, 0.2) is 11.5 Å². The Hall–Kier alpha value is -2.27. The average molecular weight is 359 g/mol. The third-order valence-electron chi connectivity index (χ3n) is 4.82. The Morgan fingerprint density at radius 3 is 2.31 bits per heavy atom. The van der Waals surface area contributed by atoms with Crippen LogP contribution in [0.3, 0.4) is 0 Å². The minimum atomic E-state index is -0.301. The van der Waals surface area contributed by atoms with Crippen LogP contribution in [0.25, 0.3) is 0 Å². The summed E-state index contributed by atoms with van der Waals surface area (Å²) in [7, 11) is 5.38. The van der Waals surface area contributed by atoms with Crippen LogP contribution < -0.4 is 9.47 Å². The summed E-state index contributed by atoms with van der Waals surface area (Å²) in [5.41, 5.74) is 0.461. The summed E-state index contributed by atoms with van der Waals surface area (Å²) >= 11 is 0. The fourth-order valence-electron chi connectivity index (χ4n) is 3.31. The van der Waals surface area contributed by atoms with Crippen molar-refractivity contribution in [3.63, 3.8) is 0 Å². The number of ether oxygens (including phenoxy) is 3. The van der Waals surface area contributed by atoms with Crippen molar-refractivity contribution in [3.8, 4) is 11.5 Å². The van der Waals surface area contributed by atoms with Crippen molar-refractivity contribution in [1.82, 2.24) is 4.90 Å². The van der Waals surface area contributed by atoms with Crippen LogP contribution in [-0.2, 0) is 9.53 Å². The van der Waals surface area contributed by atoms with Gasteiger partial charge in [-0.1, -0.05) is 18.7 Å². The van der Waals surface area contributed by atoms with Gasteiger partial charge in [-0.05, 0) is 57.5 Å². The second kappa shape index (κ2) is 9.43. The summed E-state index contributed by atoms with van der Waals surface area (Å²) in [5.74, 6) is 2.81. The molecule has 3 rings (SSSR count). The van der Waals surface area contributed by atoms with E-state index in [0.717, 1.165) is 42.6 Å². The highest BCUT2D eigenvalue weighted by Crippen LogP contribution is 2.34. The molecule has 2 aliphatic rings. The number of carbonyl (C=O) groups is 1. The number of carbonyl (C=O) groups excluding carboxylic acids is 1. The molecule has 1 saturated heterocycles. The largest absolute Gasteiger partial charge is 0.493 e. The maximum atomic E-state index is 11.4. The Morgan fingerprint density at radius 2 is 1.77 bits per heavy atom. The molecule has 1 aromatic carbocycles. The molecule has 0 radical (unpaired) electrons. The summed E-state index contributed by atoms with van der Waals surface area (Å²) in [4.78, 5) is 13.7. The maximum Gasteiger partial charge on any atom is 0.338 e. The van der Waals surface area contributed by atoms with Crippen LogP contribution in [0.4, 0.5) is 0 Å². The number of allylic oxidation sites excluding steroid dienone is 1. The number of esters is 1. The van der Waals surface area contributed by atoms with Crippen molar-refractivity contribution in [2.75, 3.05) is 27.8 Å². The lowest BCUT2D eigenvalue weighted by atomic mass is 9.89. The minimum Gasteiger partial charge on any atom is -0.493 e. The zero-order valence-corrected chi connectivity index (χ0v) is 16.2. The molecule has 0 saturated carbocycles. The number of para-hydroxylation sites is 2. The van der Waals surface area contributed by atoms with Gasteiger partial charge in [0.1, 0.15) is 5.76 Å². The molecule has 2 atom stereocenters. The monoisotopic (exact) mass is 359 g/mol. The number of likely N-dealkylation sites (tertiary alicyclic amines) is 1. The van der Waals surface area contributed by atoms with E-state index in [9.17, 15) is 4.79 Å². The van der Waals surface area contributed by atoms with E-state index in [4.69, 9.17) is 14.2 Å². The Kier molecular flexibility index (Phi) is 7.27. The van der Waals surface area contributed by atoms with Gasteiger partial charge in [0.2, 0.25) is 0 Å². The van der Waals surface area contributed by atoms with Crippen LogP contribution >= 0.6 is 0 Å². The van der Waals surface area contributed by atoms with E-state index in [0.29, 0.717) is 11.6 Å². The highest BCUT2D eigenvalue weighted by atomic mass is 16.5. The van der Waals surface area contributed by atoms with Gasteiger partial charge < -0.3 is 14.2 Å². The molecule has 26 heavy (non-hydrogen) atoms. The van der Waals surface area contributed by atoms with Crippen molar-refractivity contribution in [2.45, 2.75) is 32.2 Å².